The lowest BCUT2D eigenvalue weighted by atomic mass is 9.96. The highest BCUT2D eigenvalue weighted by molar-refractivity contribution is 6.09. The van der Waals surface area contributed by atoms with Crippen molar-refractivity contribution in [1.29, 1.82) is 0 Å². The minimum atomic E-state index is -1.19. The summed E-state index contributed by atoms with van der Waals surface area (Å²) in [5.41, 5.74) is -0.266. The molecule has 2 heterocycles. The summed E-state index contributed by atoms with van der Waals surface area (Å²) in [5.74, 6) is -0.747. The molecule has 2 fully saturated rings. The van der Waals surface area contributed by atoms with Gasteiger partial charge in [0.05, 0.1) is 18.2 Å². The van der Waals surface area contributed by atoms with E-state index < -0.39 is 29.3 Å². The van der Waals surface area contributed by atoms with Crippen LogP contribution in [-0.4, -0.2) is 61.2 Å². The Morgan fingerprint density at radius 2 is 1.81 bits per heavy atom. The van der Waals surface area contributed by atoms with E-state index in [2.05, 4.69) is 15.5 Å². The van der Waals surface area contributed by atoms with Crippen molar-refractivity contribution in [2.24, 2.45) is 5.92 Å². The number of alkyl halides is 1. The molecule has 0 unspecified atom stereocenters. The van der Waals surface area contributed by atoms with Crippen LogP contribution in [0, 0.1) is 11.7 Å². The zero-order valence-corrected chi connectivity index (χ0v) is 21.7. The molecule has 2 amide bonds. The predicted molar refractivity (Wildman–Crippen MR) is 140 cm³/mol. The van der Waals surface area contributed by atoms with E-state index in [9.17, 15) is 18.4 Å². The minimum absolute atomic E-state index is 0.149. The Labute approximate surface area is 217 Å². The second kappa shape index (κ2) is 12.1. The number of nitrogens with one attached hydrogen (secondary N) is 2. The Kier molecular flexibility index (Phi) is 8.92. The summed E-state index contributed by atoms with van der Waals surface area (Å²) in [5, 5.41) is 5.47. The maximum Gasteiger partial charge on any atom is 0.261 e. The van der Waals surface area contributed by atoms with Crippen LogP contribution in [0.25, 0.3) is 11.1 Å². The van der Waals surface area contributed by atoms with Crippen molar-refractivity contribution < 1.29 is 23.1 Å². The number of carbonyl (C=O) groups is 2. The van der Waals surface area contributed by atoms with Crippen molar-refractivity contribution in [1.82, 2.24) is 15.5 Å². The highest BCUT2D eigenvalue weighted by Crippen LogP contribution is 2.28. The largest absolute Gasteiger partial charge is 0.493 e. The van der Waals surface area contributed by atoms with Gasteiger partial charge in [-0.1, -0.05) is 30.7 Å². The van der Waals surface area contributed by atoms with Gasteiger partial charge in [-0.15, -0.1) is 0 Å². The predicted octanol–water partition coefficient (Wildman–Crippen LogP) is 4.73. The van der Waals surface area contributed by atoms with E-state index in [1.807, 2.05) is 0 Å². The summed E-state index contributed by atoms with van der Waals surface area (Å²) in [7, 11) is 0. The molecule has 37 heavy (non-hydrogen) atoms. The molecule has 2 N–H and O–H groups in total. The normalized spacial score (nSPS) is 19.4. The van der Waals surface area contributed by atoms with Gasteiger partial charge in [0, 0.05) is 6.54 Å². The molecule has 6 nitrogen and oxygen atoms in total. The molecule has 0 radical (unpaired) electrons. The van der Waals surface area contributed by atoms with Gasteiger partial charge >= 0.3 is 0 Å². The van der Waals surface area contributed by atoms with E-state index in [4.69, 9.17) is 4.74 Å². The molecule has 200 valence electrons. The highest BCUT2D eigenvalue weighted by atomic mass is 19.1. The first kappa shape index (κ1) is 27.2. The molecular weight excluding hydrogens is 476 g/mol. The summed E-state index contributed by atoms with van der Waals surface area (Å²) in [6, 6.07) is 11.2. The summed E-state index contributed by atoms with van der Waals surface area (Å²) in [6.45, 7) is 6.71. The van der Waals surface area contributed by atoms with Crippen molar-refractivity contribution >= 4 is 11.8 Å². The van der Waals surface area contributed by atoms with Crippen LogP contribution in [0.3, 0.4) is 0 Å². The van der Waals surface area contributed by atoms with E-state index in [1.165, 1.54) is 6.07 Å². The number of hydrogen-bond donors (Lipinski definition) is 2. The average molecular weight is 514 g/mol. The second-order valence-electron chi connectivity index (χ2n) is 10.8. The lowest BCUT2D eigenvalue weighted by Crippen LogP contribution is -2.48. The number of ether oxygens (including phenoxy) is 1. The Morgan fingerprint density at radius 1 is 1.08 bits per heavy atom. The SMILES string of the molecule is CC(C)(F)CN1CCC(COc2ccc(-c3cccc(F)c3C(=O)NC(=O)[C@H]3CCCCN3)cc2)CC1. The number of likely N-dealkylation sites (tertiary alicyclic amines) is 1. The first-order valence-corrected chi connectivity index (χ1v) is 13.2. The topological polar surface area (TPSA) is 70.7 Å². The van der Waals surface area contributed by atoms with Crippen LogP contribution < -0.4 is 15.4 Å². The molecule has 1 atom stereocenters. The van der Waals surface area contributed by atoms with E-state index in [0.29, 0.717) is 42.4 Å². The van der Waals surface area contributed by atoms with Gasteiger partial charge < -0.3 is 15.0 Å². The monoisotopic (exact) mass is 513 g/mol. The molecule has 4 rings (SSSR count). The number of halogens is 2. The number of carbonyl (C=O) groups excluding carboxylic acids is 2. The molecular formula is C29H37F2N3O3. The third-order valence-electron chi connectivity index (χ3n) is 7.06. The molecule has 0 aromatic heterocycles. The number of nitrogens with zero attached hydrogens (tertiary/aromatic N) is 1. The highest BCUT2D eigenvalue weighted by Gasteiger charge is 2.27. The number of piperidine rings is 2. The van der Waals surface area contributed by atoms with Crippen LogP contribution >= 0.6 is 0 Å². The van der Waals surface area contributed by atoms with E-state index in [0.717, 1.165) is 45.3 Å². The van der Waals surface area contributed by atoms with Crippen molar-refractivity contribution in [2.45, 2.75) is 57.7 Å². The number of amides is 2. The van der Waals surface area contributed by atoms with Crippen LogP contribution in [0.4, 0.5) is 8.78 Å². The van der Waals surface area contributed by atoms with E-state index >= 15 is 0 Å². The lowest BCUT2D eigenvalue weighted by Gasteiger charge is -2.34. The van der Waals surface area contributed by atoms with Gasteiger partial charge in [0.1, 0.15) is 17.2 Å². The minimum Gasteiger partial charge on any atom is -0.493 e. The van der Waals surface area contributed by atoms with Crippen molar-refractivity contribution in [3.63, 3.8) is 0 Å². The zero-order valence-electron chi connectivity index (χ0n) is 21.7. The fraction of sp³-hybridized carbons (Fsp3) is 0.517. The summed E-state index contributed by atoms with van der Waals surface area (Å²) >= 11 is 0. The van der Waals surface area contributed by atoms with Crippen LogP contribution in [0.2, 0.25) is 0 Å². The third-order valence-corrected chi connectivity index (χ3v) is 7.06. The molecule has 2 saturated heterocycles. The molecule has 0 aliphatic carbocycles. The number of rotatable bonds is 8. The molecule has 2 aromatic rings. The van der Waals surface area contributed by atoms with E-state index in [-0.39, 0.29) is 5.56 Å². The van der Waals surface area contributed by atoms with Crippen LogP contribution in [-0.2, 0) is 4.79 Å². The second-order valence-corrected chi connectivity index (χ2v) is 10.8. The molecule has 8 heteroatoms. The van der Waals surface area contributed by atoms with Crippen molar-refractivity contribution in [3.05, 3.63) is 53.8 Å². The third kappa shape index (κ3) is 7.58. The van der Waals surface area contributed by atoms with Crippen LogP contribution in [0.1, 0.15) is 56.3 Å². The Hall–Kier alpha value is -2.84. The molecule has 2 aliphatic heterocycles. The summed E-state index contributed by atoms with van der Waals surface area (Å²) < 4.78 is 34.7. The van der Waals surface area contributed by atoms with Crippen molar-refractivity contribution in [2.75, 3.05) is 32.8 Å². The number of imide groups is 1. The Balaban J connectivity index is 1.36. The summed E-state index contributed by atoms with van der Waals surface area (Å²) in [4.78, 5) is 27.6. The van der Waals surface area contributed by atoms with Crippen LogP contribution in [0.5, 0.6) is 5.75 Å². The zero-order chi connectivity index (χ0) is 26.4. The smallest absolute Gasteiger partial charge is 0.261 e. The fourth-order valence-corrected chi connectivity index (χ4v) is 5.12. The molecule has 2 aliphatic rings. The lowest BCUT2D eigenvalue weighted by molar-refractivity contribution is -0.122. The van der Waals surface area contributed by atoms with Gasteiger partial charge in [-0.2, -0.15) is 0 Å². The first-order chi connectivity index (χ1) is 17.7. The quantitative estimate of drug-likeness (QED) is 0.500. The van der Waals surface area contributed by atoms with Gasteiger partial charge in [-0.05, 0) is 94.4 Å². The van der Waals surface area contributed by atoms with Crippen LogP contribution in [0.15, 0.2) is 42.5 Å². The van der Waals surface area contributed by atoms with Gasteiger partial charge in [-0.25, -0.2) is 8.78 Å². The molecule has 2 aromatic carbocycles. The number of hydrogen-bond acceptors (Lipinski definition) is 5. The van der Waals surface area contributed by atoms with Gasteiger partial charge in [-0.3, -0.25) is 14.9 Å². The maximum atomic E-state index is 14.8. The average Bonchev–Trinajstić information content (AvgIpc) is 2.88. The van der Waals surface area contributed by atoms with Gasteiger partial charge in [0.15, 0.2) is 0 Å². The maximum absolute atomic E-state index is 14.8. The molecule has 0 spiro atoms. The standard InChI is InChI=1S/C29H37F2N3O3/c1-29(2,31)19-34-16-13-20(14-17-34)18-37-22-11-9-21(10-12-22)23-6-5-7-24(30)26(23)28(36)33-27(35)25-8-3-4-15-32-25/h5-7,9-12,20,25,32H,3-4,8,13-19H2,1-2H3,(H,33,35,36)/t25-/m1/s1. The molecule has 0 bridgehead atoms. The Morgan fingerprint density at radius 3 is 2.46 bits per heavy atom. The van der Waals surface area contributed by atoms with Gasteiger partial charge in [0.25, 0.3) is 5.91 Å². The summed E-state index contributed by atoms with van der Waals surface area (Å²) in [6.07, 6.45) is 4.48. The van der Waals surface area contributed by atoms with Crippen molar-refractivity contribution in [3.8, 4) is 16.9 Å². The van der Waals surface area contributed by atoms with Gasteiger partial charge in [0.2, 0.25) is 5.91 Å². The van der Waals surface area contributed by atoms with E-state index in [1.54, 1.807) is 50.2 Å². The Bertz CT molecular complexity index is 1070. The molecule has 0 saturated carbocycles. The first-order valence-electron chi connectivity index (χ1n) is 13.2. The number of benzene rings is 2. The fourth-order valence-electron chi connectivity index (χ4n) is 5.12.